The molecule has 0 saturated carbocycles. The second kappa shape index (κ2) is 9.12. The number of benzene rings is 1. The van der Waals surface area contributed by atoms with Crippen LogP contribution in [0.4, 0.5) is 10.5 Å². The lowest BCUT2D eigenvalue weighted by Gasteiger charge is -2.20. The molecule has 1 aromatic heterocycles. The lowest BCUT2D eigenvalue weighted by Crippen LogP contribution is -2.32. The topological polar surface area (TPSA) is 87.2 Å². The molecule has 0 spiro atoms. The van der Waals surface area contributed by atoms with E-state index in [0.717, 1.165) is 31.6 Å². The summed E-state index contributed by atoms with van der Waals surface area (Å²) >= 11 is 0. The highest BCUT2D eigenvalue weighted by molar-refractivity contribution is 5.96. The van der Waals surface area contributed by atoms with E-state index in [1.165, 1.54) is 12.8 Å². The van der Waals surface area contributed by atoms with Crippen molar-refractivity contribution in [3.63, 3.8) is 0 Å². The van der Waals surface area contributed by atoms with Crippen molar-refractivity contribution in [1.29, 1.82) is 0 Å². The predicted octanol–water partition coefficient (Wildman–Crippen LogP) is 3.12. The van der Waals surface area contributed by atoms with Crippen molar-refractivity contribution in [2.45, 2.75) is 39.2 Å². The number of carbonyl (C=O) groups is 2. The van der Waals surface area contributed by atoms with Gasteiger partial charge in [-0.25, -0.2) is 4.79 Å². The Hall–Kier alpha value is -2.96. The number of hydrogen-bond donors (Lipinski definition) is 2. The van der Waals surface area contributed by atoms with Crippen LogP contribution >= 0.6 is 0 Å². The van der Waals surface area contributed by atoms with Crippen LogP contribution in [0, 0.1) is 6.92 Å². The Morgan fingerprint density at radius 2 is 1.85 bits per heavy atom. The second-order valence-electron chi connectivity index (χ2n) is 6.74. The quantitative estimate of drug-likeness (QED) is 0.869. The van der Waals surface area contributed by atoms with Gasteiger partial charge in [-0.15, -0.1) is 0 Å². The fraction of sp³-hybridized carbons (Fsp3) is 0.400. The number of aromatic nitrogens is 2. The number of likely N-dealkylation sites (tertiary alicyclic amines) is 1. The number of rotatable bonds is 4. The van der Waals surface area contributed by atoms with Crippen LogP contribution in [0.25, 0.3) is 0 Å². The number of urea groups is 1. The molecule has 1 aliphatic rings. The van der Waals surface area contributed by atoms with E-state index in [0.29, 0.717) is 16.9 Å². The SMILES string of the molecule is Cc1cnc(CNC(=O)Nc2cccc(C(=O)N3CCCCCC3)c2)cn1. The smallest absolute Gasteiger partial charge is 0.319 e. The van der Waals surface area contributed by atoms with Crippen LogP contribution in [0.5, 0.6) is 0 Å². The summed E-state index contributed by atoms with van der Waals surface area (Å²) in [5.74, 6) is 0.0240. The van der Waals surface area contributed by atoms with Gasteiger partial charge in [-0.05, 0) is 38.0 Å². The van der Waals surface area contributed by atoms with Crippen molar-refractivity contribution < 1.29 is 9.59 Å². The van der Waals surface area contributed by atoms with Gasteiger partial charge in [0.1, 0.15) is 0 Å². The summed E-state index contributed by atoms with van der Waals surface area (Å²) < 4.78 is 0. The van der Waals surface area contributed by atoms with E-state index in [4.69, 9.17) is 0 Å². The zero-order chi connectivity index (χ0) is 19.1. The fourth-order valence-corrected chi connectivity index (χ4v) is 3.04. The molecular formula is C20H25N5O2. The van der Waals surface area contributed by atoms with Crippen LogP contribution in [0.1, 0.15) is 47.4 Å². The van der Waals surface area contributed by atoms with E-state index in [1.54, 1.807) is 36.7 Å². The van der Waals surface area contributed by atoms with Crippen LogP contribution < -0.4 is 10.6 Å². The maximum Gasteiger partial charge on any atom is 0.319 e. The molecule has 0 aliphatic carbocycles. The molecular weight excluding hydrogens is 342 g/mol. The minimum absolute atomic E-state index is 0.0240. The van der Waals surface area contributed by atoms with Crippen molar-refractivity contribution in [2.75, 3.05) is 18.4 Å². The van der Waals surface area contributed by atoms with Gasteiger partial charge in [0.15, 0.2) is 0 Å². The van der Waals surface area contributed by atoms with E-state index >= 15 is 0 Å². The number of anilines is 1. The molecule has 1 saturated heterocycles. The van der Waals surface area contributed by atoms with Gasteiger partial charge in [-0.3, -0.25) is 14.8 Å². The number of carbonyl (C=O) groups excluding carboxylic acids is 2. The monoisotopic (exact) mass is 367 g/mol. The molecule has 3 amide bonds. The first-order chi connectivity index (χ1) is 13.1. The predicted molar refractivity (Wildman–Crippen MR) is 103 cm³/mol. The molecule has 142 valence electrons. The molecule has 27 heavy (non-hydrogen) atoms. The van der Waals surface area contributed by atoms with Gasteiger partial charge in [0, 0.05) is 30.5 Å². The first-order valence-electron chi connectivity index (χ1n) is 9.33. The Labute approximate surface area is 159 Å². The van der Waals surface area contributed by atoms with Gasteiger partial charge in [-0.2, -0.15) is 0 Å². The largest absolute Gasteiger partial charge is 0.339 e. The lowest BCUT2D eigenvalue weighted by molar-refractivity contribution is 0.0761. The molecule has 2 heterocycles. The third-order valence-electron chi connectivity index (χ3n) is 4.53. The normalized spacial score (nSPS) is 14.3. The van der Waals surface area contributed by atoms with Crippen LogP contribution in [0.2, 0.25) is 0 Å². The molecule has 0 radical (unpaired) electrons. The molecule has 3 rings (SSSR count). The Balaban J connectivity index is 1.57. The molecule has 2 N–H and O–H groups in total. The van der Waals surface area contributed by atoms with Gasteiger partial charge in [0.05, 0.1) is 24.1 Å². The lowest BCUT2D eigenvalue weighted by atomic mass is 10.1. The average Bonchev–Trinajstić information content (AvgIpc) is 2.97. The third-order valence-corrected chi connectivity index (χ3v) is 4.53. The molecule has 7 heteroatoms. The van der Waals surface area contributed by atoms with E-state index in [9.17, 15) is 9.59 Å². The Morgan fingerprint density at radius 1 is 1.07 bits per heavy atom. The highest BCUT2D eigenvalue weighted by Gasteiger charge is 2.17. The zero-order valence-electron chi connectivity index (χ0n) is 15.6. The van der Waals surface area contributed by atoms with Crippen molar-refractivity contribution >= 4 is 17.6 Å². The first kappa shape index (κ1) is 18.8. The van der Waals surface area contributed by atoms with Gasteiger partial charge in [-0.1, -0.05) is 18.9 Å². The summed E-state index contributed by atoms with van der Waals surface area (Å²) in [6, 6.07) is 6.71. The molecule has 0 atom stereocenters. The summed E-state index contributed by atoms with van der Waals surface area (Å²) in [5.41, 5.74) is 2.69. The average molecular weight is 367 g/mol. The van der Waals surface area contributed by atoms with Crippen LogP contribution in [0.15, 0.2) is 36.7 Å². The van der Waals surface area contributed by atoms with Gasteiger partial charge in [0.2, 0.25) is 0 Å². The van der Waals surface area contributed by atoms with Crippen molar-refractivity contribution in [3.8, 4) is 0 Å². The molecule has 1 aliphatic heterocycles. The maximum absolute atomic E-state index is 12.7. The maximum atomic E-state index is 12.7. The number of amides is 3. The summed E-state index contributed by atoms with van der Waals surface area (Å²) in [6.07, 6.45) is 7.75. The van der Waals surface area contributed by atoms with Crippen LogP contribution in [-0.2, 0) is 6.54 Å². The number of hydrogen-bond acceptors (Lipinski definition) is 4. The van der Waals surface area contributed by atoms with Gasteiger partial charge < -0.3 is 15.5 Å². The standard InChI is InChI=1S/C20H25N5O2/c1-15-12-22-18(13-21-15)14-23-20(27)24-17-8-6-7-16(11-17)19(26)25-9-4-2-3-5-10-25/h6-8,11-13H,2-5,9-10,14H2,1H3,(H2,23,24,27). The fourth-order valence-electron chi connectivity index (χ4n) is 3.04. The van der Waals surface area contributed by atoms with E-state index in [1.807, 2.05) is 11.8 Å². The van der Waals surface area contributed by atoms with Crippen molar-refractivity contribution in [3.05, 3.63) is 53.6 Å². The molecule has 1 fully saturated rings. The Bertz CT molecular complexity index is 783. The first-order valence-corrected chi connectivity index (χ1v) is 9.33. The highest BCUT2D eigenvalue weighted by atomic mass is 16.2. The molecule has 1 aromatic carbocycles. The minimum atomic E-state index is -0.350. The number of nitrogens with one attached hydrogen (secondary N) is 2. The minimum Gasteiger partial charge on any atom is -0.339 e. The molecule has 2 aromatic rings. The summed E-state index contributed by atoms with van der Waals surface area (Å²) in [7, 11) is 0. The van der Waals surface area contributed by atoms with E-state index < -0.39 is 0 Å². The summed E-state index contributed by atoms with van der Waals surface area (Å²) in [6.45, 7) is 3.74. The Kier molecular flexibility index (Phi) is 6.35. The zero-order valence-corrected chi connectivity index (χ0v) is 15.6. The molecule has 0 unspecified atom stereocenters. The Morgan fingerprint density at radius 3 is 2.56 bits per heavy atom. The molecule has 7 nitrogen and oxygen atoms in total. The molecule has 0 bridgehead atoms. The van der Waals surface area contributed by atoms with E-state index in [2.05, 4.69) is 20.6 Å². The van der Waals surface area contributed by atoms with Crippen molar-refractivity contribution in [2.24, 2.45) is 0 Å². The van der Waals surface area contributed by atoms with Crippen molar-refractivity contribution in [1.82, 2.24) is 20.2 Å². The van der Waals surface area contributed by atoms with E-state index in [-0.39, 0.29) is 18.5 Å². The second-order valence-corrected chi connectivity index (χ2v) is 6.74. The van der Waals surface area contributed by atoms with Gasteiger partial charge >= 0.3 is 6.03 Å². The highest BCUT2D eigenvalue weighted by Crippen LogP contribution is 2.16. The number of aryl methyl sites for hydroxylation is 1. The summed E-state index contributed by atoms with van der Waals surface area (Å²) in [4.78, 5) is 35.1. The van der Waals surface area contributed by atoms with Crippen LogP contribution in [0.3, 0.4) is 0 Å². The summed E-state index contributed by atoms with van der Waals surface area (Å²) in [5, 5.41) is 5.50. The number of nitrogens with zero attached hydrogens (tertiary/aromatic N) is 3. The van der Waals surface area contributed by atoms with Gasteiger partial charge in [0.25, 0.3) is 5.91 Å². The third kappa shape index (κ3) is 5.51. The van der Waals surface area contributed by atoms with Crippen LogP contribution in [-0.4, -0.2) is 39.9 Å².